The van der Waals surface area contributed by atoms with E-state index in [4.69, 9.17) is 5.73 Å². The van der Waals surface area contributed by atoms with Crippen molar-refractivity contribution in [3.63, 3.8) is 0 Å². The van der Waals surface area contributed by atoms with Gasteiger partial charge in [-0.05, 0) is 47.5 Å². The van der Waals surface area contributed by atoms with Gasteiger partial charge in [0.1, 0.15) is 5.82 Å². The highest BCUT2D eigenvalue weighted by Crippen LogP contribution is 2.23. The Kier molecular flexibility index (Phi) is 4.89. The fourth-order valence-corrected chi connectivity index (χ4v) is 1.51. The van der Waals surface area contributed by atoms with Crippen LogP contribution in [-0.4, -0.2) is 11.9 Å². The van der Waals surface area contributed by atoms with Gasteiger partial charge >= 0.3 is 0 Å². The lowest BCUT2D eigenvalue weighted by molar-refractivity contribution is -0.116. The van der Waals surface area contributed by atoms with Crippen molar-refractivity contribution in [3.8, 4) is 0 Å². The van der Waals surface area contributed by atoms with Crippen molar-refractivity contribution in [2.75, 3.05) is 5.32 Å². The summed E-state index contributed by atoms with van der Waals surface area (Å²) >= 11 is 3.23. The molecule has 0 aliphatic carbocycles. The van der Waals surface area contributed by atoms with Gasteiger partial charge in [0, 0.05) is 16.9 Å². The van der Waals surface area contributed by atoms with E-state index in [1.165, 1.54) is 12.1 Å². The molecule has 3 N–H and O–H groups in total. The topological polar surface area (TPSA) is 55.1 Å². The summed E-state index contributed by atoms with van der Waals surface area (Å²) in [6.07, 6.45) is 0.944. The minimum absolute atomic E-state index is 0.0123. The Hall–Kier alpha value is -0.940. The summed E-state index contributed by atoms with van der Waals surface area (Å²) in [6.45, 7) is 1.84. The molecule has 0 fully saturated rings. The molecule has 0 aromatic heterocycles. The van der Waals surface area contributed by atoms with Gasteiger partial charge in [0.2, 0.25) is 5.91 Å². The van der Waals surface area contributed by atoms with Crippen molar-refractivity contribution in [3.05, 3.63) is 28.5 Å². The predicted molar refractivity (Wildman–Crippen MR) is 65.6 cm³/mol. The van der Waals surface area contributed by atoms with E-state index in [0.717, 1.165) is 0 Å². The lowest BCUT2D eigenvalue weighted by Gasteiger charge is -2.08. The van der Waals surface area contributed by atoms with Crippen LogP contribution in [0.3, 0.4) is 0 Å². The minimum Gasteiger partial charge on any atom is -0.328 e. The molecule has 1 unspecified atom stereocenters. The zero-order valence-corrected chi connectivity index (χ0v) is 10.6. The molecule has 0 radical (unpaired) electrons. The summed E-state index contributed by atoms with van der Waals surface area (Å²) in [6, 6.07) is 4.13. The maximum absolute atomic E-state index is 12.9. The molecular weight excluding hydrogens is 275 g/mol. The molecule has 16 heavy (non-hydrogen) atoms. The van der Waals surface area contributed by atoms with Crippen molar-refractivity contribution in [1.82, 2.24) is 0 Å². The van der Waals surface area contributed by atoms with E-state index >= 15 is 0 Å². The molecule has 88 valence electrons. The second kappa shape index (κ2) is 5.96. The molecule has 0 saturated carbocycles. The fourth-order valence-electron chi connectivity index (χ4n) is 1.16. The standard InChI is InChI=1S/C11H14BrFN2O/c1-7(14)2-5-11(16)15-10-6-8(13)3-4-9(10)12/h3-4,6-7H,2,5,14H2,1H3,(H,15,16). The van der Waals surface area contributed by atoms with E-state index in [1.807, 2.05) is 6.92 Å². The smallest absolute Gasteiger partial charge is 0.224 e. The molecule has 1 aromatic carbocycles. The zero-order chi connectivity index (χ0) is 12.1. The highest BCUT2D eigenvalue weighted by Gasteiger charge is 2.07. The van der Waals surface area contributed by atoms with Gasteiger partial charge in [-0.1, -0.05) is 0 Å². The van der Waals surface area contributed by atoms with Crippen molar-refractivity contribution in [1.29, 1.82) is 0 Å². The molecular formula is C11H14BrFN2O. The fraction of sp³-hybridized carbons (Fsp3) is 0.364. The van der Waals surface area contributed by atoms with Crippen LogP contribution in [0.4, 0.5) is 10.1 Å². The highest BCUT2D eigenvalue weighted by molar-refractivity contribution is 9.10. The van der Waals surface area contributed by atoms with E-state index in [0.29, 0.717) is 23.0 Å². The molecule has 0 aliphatic heterocycles. The van der Waals surface area contributed by atoms with E-state index in [1.54, 1.807) is 6.07 Å². The van der Waals surface area contributed by atoms with Gasteiger partial charge in [-0.2, -0.15) is 0 Å². The van der Waals surface area contributed by atoms with Crippen molar-refractivity contribution in [2.24, 2.45) is 5.73 Å². The number of hydrogen-bond acceptors (Lipinski definition) is 2. The van der Waals surface area contributed by atoms with E-state index < -0.39 is 0 Å². The average Bonchev–Trinajstić information content (AvgIpc) is 2.20. The number of rotatable bonds is 4. The molecule has 0 saturated heterocycles. The Balaban J connectivity index is 2.59. The molecule has 1 atom stereocenters. The van der Waals surface area contributed by atoms with E-state index in [-0.39, 0.29) is 17.8 Å². The first kappa shape index (κ1) is 13.1. The van der Waals surface area contributed by atoms with Crippen molar-refractivity contribution in [2.45, 2.75) is 25.8 Å². The second-order valence-corrected chi connectivity index (χ2v) is 4.54. The van der Waals surface area contributed by atoms with E-state index in [2.05, 4.69) is 21.2 Å². The summed E-state index contributed by atoms with van der Waals surface area (Å²) in [4.78, 5) is 11.5. The normalized spacial score (nSPS) is 12.2. The monoisotopic (exact) mass is 288 g/mol. The Morgan fingerprint density at radius 1 is 1.62 bits per heavy atom. The maximum atomic E-state index is 12.9. The van der Waals surface area contributed by atoms with Gasteiger partial charge in [-0.3, -0.25) is 4.79 Å². The van der Waals surface area contributed by atoms with Crippen LogP contribution in [0.1, 0.15) is 19.8 Å². The first-order chi connectivity index (χ1) is 7.49. The van der Waals surface area contributed by atoms with Crippen LogP contribution in [0.5, 0.6) is 0 Å². The van der Waals surface area contributed by atoms with Crippen LogP contribution in [0, 0.1) is 5.82 Å². The largest absolute Gasteiger partial charge is 0.328 e. The lowest BCUT2D eigenvalue weighted by Crippen LogP contribution is -2.19. The van der Waals surface area contributed by atoms with Gasteiger partial charge in [0.25, 0.3) is 0 Å². The lowest BCUT2D eigenvalue weighted by atomic mass is 10.2. The van der Waals surface area contributed by atoms with Gasteiger partial charge in [-0.25, -0.2) is 4.39 Å². The average molecular weight is 289 g/mol. The quantitative estimate of drug-likeness (QED) is 0.895. The van der Waals surface area contributed by atoms with Crippen molar-refractivity contribution < 1.29 is 9.18 Å². The summed E-state index contributed by atoms with van der Waals surface area (Å²) in [5.74, 6) is -0.547. The number of carbonyl (C=O) groups excluding carboxylic acids is 1. The van der Waals surface area contributed by atoms with Crippen LogP contribution < -0.4 is 11.1 Å². The number of hydrogen-bond donors (Lipinski definition) is 2. The maximum Gasteiger partial charge on any atom is 0.224 e. The number of anilines is 1. The summed E-state index contributed by atoms with van der Waals surface area (Å²) in [5.41, 5.74) is 5.98. The van der Waals surface area contributed by atoms with Gasteiger partial charge < -0.3 is 11.1 Å². The number of carbonyl (C=O) groups is 1. The predicted octanol–water partition coefficient (Wildman–Crippen LogP) is 2.65. The number of nitrogens with two attached hydrogens (primary N) is 1. The Morgan fingerprint density at radius 3 is 2.94 bits per heavy atom. The van der Waals surface area contributed by atoms with Crippen LogP contribution in [0.15, 0.2) is 22.7 Å². The highest BCUT2D eigenvalue weighted by atomic mass is 79.9. The van der Waals surface area contributed by atoms with Crippen LogP contribution in [0.2, 0.25) is 0 Å². The third-order valence-corrected chi connectivity index (χ3v) is 2.72. The molecule has 0 bridgehead atoms. The first-order valence-corrected chi connectivity index (χ1v) is 5.79. The number of halogens is 2. The third kappa shape index (κ3) is 4.28. The van der Waals surface area contributed by atoms with E-state index in [9.17, 15) is 9.18 Å². The molecule has 5 heteroatoms. The molecule has 0 spiro atoms. The minimum atomic E-state index is -0.384. The van der Waals surface area contributed by atoms with Gasteiger partial charge in [0.05, 0.1) is 5.69 Å². The van der Waals surface area contributed by atoms with Crippen LogP contribution in [0.25, 0.3) is 0 Å². The first-order valence-electron chi connectivity index (χ1n) is 4.99. The molecule has 1 amide bonds. The van der Waals surface area contributed by atoms with Gasteiger partial charge in [0.15, 0.2) is 0 Å². The molecule has 3 nitrogen and oxygen atoms in total. The molecule has 0 aliphatic rings. The van der Waals surface area contributed by atoms with Crippen LogP contribution >= 0.6 is 15.9 Å². The van der Waals surface area contributed by atoms with Crippen molar-refractivity contribution >= 4 is 27.5 Å². The number of nitrogens with one attached hydrogen (secondary N) is 1. The Labute approximate surface area is 102 Å². The summed E-state index contributed by atoms with van der Waals surface area (Å²) < 4.78 is 13.6. The summed E-state index contributed by atoms with van der Waals surface area (Å²) in [7, 11) is 0. The van der Waals surface area contributed by atoms with Crippen LogP contribution in [-0.2, 0) is 4.79 Å². The second-order valence-electron chi connectivity index (χ2n) is 3.69. The zero-order valence-electron chi connectivity index (χ0n) is 8.97. The molecule has 1 rings (SSSR count). The number of benzene rings is 1. The number of amides is 1. The van der Waals surface area contributed by atoms with Gasteiger partial charge in [-0.15, -0.1) is 0 Å². The SMILES string of the molecule is CC(N)CCC(=O)Nc1cc(F)ccc1Br. The molecule has 0 heterocycles. The Bertz CT molecular complexity index is 382. The molecule has 1 aromatic rings. The summed E-state index contributed by atoms with van der Waals surface area (Å²) in [5, 5.41) is 2.63. The Morgan fingerprint density at radius 2 is 2.31 bits per heavy atom. The third-order valence-electron chi connectivity index (χ3n) is 2.03.